The number of rotatable bonds is 11. The molecule has 2 aliphatic rings. The summed E-state index contributed by atoms with van der Waals surface area (Å²) in [6.45, 7) is 5.06. The first-order valence-electron chi connectivity index (χ1n) is 14.7. The summed E-state index contributed by atoms with van der Waals surface area (Å²) < 4.78 is 50.8. The second kappa shape index (κ2) is 14.5. The number of hydrogen-bond donors (Lipinski definition) is 1. The average molecular weight is 628 g/mol. The van der Waals surface area contributed by atoms with E-state index in [0.29, 0.717) is 54.8 Å². The summed E-state index contributed by atoms with van der Waals surface area (Å²) in [6, 6.07) is 9.34. The van der Waals surface area contributed by atoms with Gasteiger partial charge in [0.25, 0.3) is 11.8 Å². The van der Waals surface area contributed by atoms with Gasteiger partial charge in [0.15, 0.2) is 0 Å². The van der Waals surface area contributed by atoms with Crippen molar-refractivity contribution in [3.63, 3.8) is 0 Å². The summed E-state index contributed by atoms with van der Waals surface area (Å²) in [5.41, 5.74) is -0.868. The van der Waals surface area contributed by atoms with Gasteiger partial charge in [0.05, 0.1) is 42.8 Å². The van der Waals surface area contributed by atoms with Crippen LogP contribution in [0, 0.1) is 11.3 Å². The molecule has 2 aromatic rings. The minimum absolute atomic E-state index is 0.193. The lowest BCUT2D eigenvalue weighted by Gasteiger charge is -2.34. The number of ether oxygens (including phenoxy) is 2. The number of unbranched alkanes of at least 4 members (excludes halogenated alkanes) is 3. The van der Waals surface area contributed by atoms with Crippen molar-refractivity contribution in [2.45, 2.75) is 45.2 Å². The Balaban J connectivity index is 1.18. The molecule has 1 N–H and O–H groups in total. The molecular formula is C32H36F3N5O5. The maximum absolute atomic E-state index is 13.4. The molecule has 13 heteroatoms. The third-order valence-corrected chi connectivity index (χ3v) is 8.09. The molecule has 10 nitrogen and oxygen atoms in total. The molecule has 0 aliphatic carbocycles. The number of hydrogen-bond acceptors (Lipinski definition) is 7. The van der Waals surface area contributed by atoms with Gasteiger partial charge in [0.1, 0.15) is 11.5 Å². The Morgan fingerprint density at radius 2 is 1.67 bits per heavy atom. The lowest BCUT2D eigenvalue weighted by molar-refractivity contribution is -0.138. The number of carbonyl (C=O) groups is 3. The van der Waals surface area contributed by atoms with E-state index in [0.717, 1.165) is 49.9 Å². The lowest BCUT2D eigenvalue weighted by atomic mass is 10.0. The minimum Gasteiger partial charge on any atom is -0.497 e. The first-order valence-corrected chi connectivity index (χ1v) is 14.7. The molecule has 1 saturated heterocycles. The highest BCUT2D eigenvalue weighted by atomic mass is 19.4. The number of nitrogens with zero attached hydrogens (tertiary/aromatic N) is 4. The van der Waals surface area contributed by atoms with Crippen LogP contribution in [-0.4, -0.2) is 74.6 Å². The van der Waals surface area contributed by atoms with E-state index in [1.54, 1.807) is 30.2 Å². The van der Waals surface area contributed by atoms with Gasteiger partial charge in [0, 0.05) is 43.4 Å². The largest absolute Gasteiger partial charge is 0.497 e. The van der Waals surface area contributed by atoms with Crippen LogP contribution in [0.2, 0.25) is 0 Å². The van der Waals surface area contributed by atoms with E-state index < -0.39 is 29.1 Å². The van der Waals surface area contributed by atoms with E-state index >= 15 is 0 Å². The molecule has 2 heterocycles. The van der Waals surface area contributed by atoms with Gasteiger partial charge in [-0.15, -0.1) is 0 Å². The monoisotopic (exact) mass is 627 g/mol. The molecule has 4 rings (SSSR count). The van der Waals surface area contributed by atoms with Crippen LogP contribution in [-0.2, 0) is 15.8 Å². The quantitative estimate of drug-likeness (QED) is 0.255. The topological polar surface area (TPSA) is 115 Å². The van der Waals surface area contributed by atoms with Gasteiger partial charge in [-0.3, -0.25) is 14.5 Å². The molecule has 45 heavy (non-hydrogen) atoms. The van der Waals surface area contributed by atoms with Crippen molar-refractivity contribution in [1.82, 2.24) is 9.80 Å². The van der Waals surface area contributed by atoms with E-state index in [1.807, 2.05) is 0 Å². The van der Waals surface area contributed by atoms with E-state index in [4.69, 9.17) is 14.7 Å². The zero-order valence-corrected chi connectivity index (χ0v) is 25.5. The number of alkyl halides is 3. The van der Waals surface area contributed by atoms with Crippen LogP contribution < -0.4 is 19.7 Å². The number of carbonyl (C=O) groups excluding carboxylic acids is 3. The highest BCUT2D eigenvalue weighted by Crippen LogP contribution is 2.37. The standard InChI is InChI=1S/C32H36F3N5O5/c1-21-25(30(42)40(29(21)41)23-10-9-22(20-36)26(18-23)32(33,34)35)8-6-4-5-7-13-38-14-16-39(17-15-38)31(43)37-27-12-11-24(44-2)19-28(27)45-3/h9-12,18-19H,4-8,13-17H2,1-3H3,(H,37,43). The van der Waals surface area contributed by atoms with E-state index in [-0.39, 0.29) is 17.3 Å². The number of anilines is 2. The second-order valence-corrected chi connectivity index (χ2v) is 10.9. The molecule has 0 aromatic heterocycles. The number of methoxy groups -OCH3 is 2. The zero-order chi connectivity index (χ0) is 32.7. The third-order valence-electron chi connectivity index (χ3n) is 8.09. The van der Waals surface area contributed by atoms with E-state index in [9.17, 15) is 27.6 Å². The van der Waals surface area contributed by atoms with Gasteiger partial charge >= 0.3 is 12.2 Å². The predicted octanol–water partition coefficient (Wildman–Crippen LogP) is 5.58. The molecule has 0 spiro atoms. The van der Waals surface area contributed by atoms with Gasteiger partial charge in [-0.2, -0.15) is 18.4 Å². The summed E-state index contributed by atoms with van der Waals surface area (Å²) in [7, 11) is 3.09. The first-order chi connectivity index (χ1) is 21.5. The van der Waals surface area contributed by atoms with Crippen molar-refractivity contribution in [3.8, 4) is 17.6 Å². The van der Waals surface area contributed by atoms with E-state index in [2.05, 4.69) is 10.2 Å². The van der Waals surface area contributed by atoms with Gasteiger partial charge in [-0.25, -0.2) is 9.69 Å². The molecule has 2 aliphatic heterocycles. The van der Waals surface area contributed by atoms with Crippen LogP contribution in [0.25, 0.3) is 0 Å². The fourth-order valence-electron chi connectivity index (χ4n) is 5.48. The lowest BCUT2D eigenvalue weighted by Crippen LogP contribution is -2.50. The van der Waals surface area contributed by atoms with Gasteiger partial charge < -0.3 is 19.7 Å². The fraction of sp³-hybridized carbons (Fsp3) is 0.438. The molecule has 4 amide bonds. The number of nitrogens with one attached hydrogen (secondary N) is 1. The summed E-state index contributed by atoms with van der Waals surface area (Å²) in [5.74, 6) is -0.128. The minimum atomic E-state index is -4.80. The number of benzene rings is 2. The number of halogens is 3. The Kier molecular flexibility index (Phi) is 10.7. The number of piperazine rings is 1. The van der Waals surface area contributed by atoms with Crippen LogP contribution in [0.3, 0.4) is 0 Å². The average Bonchev–Trinajstić information content (AvgIpc) is 3.24. The summed E-state index contributed by atoms with van der Waals surface area (Å²) >= 11 is 0. The van der Waals surface area contributed by atoms with Crippen LogP contribution in [0.4, 0.5) is 29.3 Å². The zero-order valence-electron chi connectivity index (χ0n) is 25.5. The predicted molar refractivity (Wildman–Crippen MR) is 161 cm³/mol. The second-order valence-electron chi connectivity index (χ2n) is 10.9. The molecule has 0 unspecified atom stereocenters. The normalized spacial score (nSPS) is 15.8. The molecule has 240 valence electrons. The maximum Gasteiger partial charge on any atom is 0.417 e. The summed E-state index contributed by atoms with van der Waals surface area (Å²) in [4.78, 5) is 43.5. The number of amides is 4. The Hall–Kier alpha value is -4.57. The maximum atomic E-state index is 13.4. The number of urea groups is 1. The van der Waals surface area contributed by atoms with Crippen LogP contribution >= 0.6 is 0 Å². The molecule has 0 saturated carbocycles. The van der Waals surface area contributed by atoms with Gasteiger partial charge in [-0.05, 0) is 63.1 Å². The van der Waals surface area contributed by atoms with Crippen molar-refractivity contribution < 1.29 is 37.0 Å². The van der Waals surface area contributed by atoms with Crippen molar-refractivity contribution in [3.05, 3.63) is 58.7 Å². The molecule has 1 fully saturated rings. The Morgan fingerprint density at radius 1 is 0.956 bits per heavy atom. The van der Waals surface area contributed by atoms with Crippen molar-refractivity contribution in [1.29, 1.82) is 5.26 Å². The highest BCUT2D eigenvalue weighted by Gasteiger charge is 2.39. The Bertz CT molecular complexity index is 1510. The smallest absolute Gasteiger partial charge is 0.417 e. The molecular weight excluding hydrogens is 591 g/mol. The van der Waals surface area contributed by atoms with Crippen LogP contribution in [0.1, 0.15) is 50.2 Å². The molecule has 0 bridgehead atoms. The fourth-order valence-corrected chi connectivity index (χ4v) is 5.48. The highest BCUT2D eigenvalue weighted by molar-refractivity contribution is 6.32. The van der Waals surface area contributed by atoms with Crippen LogP contribution in [0.15, 0.2) is 47.5 Å². The van der Waals surface area contributed by atoms with Crippen molar-refractivity contribution in [2.75, 3.05) is 57.2 Å². The number of imide groups is 1. The van der Waals surface area contributed by atoms with Gasteiger partial charge in [-0.1, -0.05) is 12.8 Å². The summed E-state index contributed by atoms with van der Waals surface area (Å²) in [5, 5.41) is 11.9. The molecule has 2 aromatic carbocycles. The Morgan fingerprint density at radius 3 is 2.31 bits per heavy atom. The molecule has 0 atom stereocenters. The molecule has 0 radical (unpaired) electrons. The van der Waals surface area contributed by atoms with E-state index in [1.165, 1.54) is 26.2 Å². The van der Waals surface area contributed by atoms with Crippen LogP contribution in [0.5, 0.6) is 11.5 Å². The van der Waals surface area contributed by atoms with Crippen molar-refractivity contribution >= 4 is 29.2 Å². The SMILES string of the molecule is COc1ccc(NC(=O)N2CCN(CCCCCCC3=C(C)C(=O)N(c4ccc(C#N)c(C(F)(F)F)c4)C3=O)CC2)c(OC)c1. The Labute approximate surface area is 260 Å². The van der Waals surface area contributed by atoms with Crippen molar-refractivity contribution in [2.24, 2.45) is 0 Å². The van der Waals surface area contributed by atoms with Gasteiger partial charge in [0.2, 0.25) is 0 Å². The third kappa shape index (κ3) is 7.75. The number of nitriles is 1. The first kappa shape index (κ1) is 33.3. The summed E-state index contributed by atoms with van der Waals surface area (Å²) in [6.07, 6.45) is -1.14.